The molecule has 0 saturated carbocycles. The van der Waals surface area contributed by atoms with E-state index in [1.807, 2.05) is 0 Å². The highest BCUT2D eigenvalue weighted by Gasteiger charge is 2.35. The predicted octanol–water partition coefficient (Wildman–Crippen LogP) is 4.42. The molecule has 5 nitrogen and oxygen atoms in total. The molecule has 1 aliphatic rings. The lowest BCUT2D eigenvalue weighted by Crippen LogP contribution is -2.52. The molecule has 0 N–H and O–H groups in total. The van der Waals surface area contributed by atoms with Crippen molar-refractivity contribution in [3.05, 3.63) is 68.4 Å². The molecular weight excluding hydrogens is 483 g/mol. The highest BCUT2D eigenvalue weighted by Crippen LogP contribution is 2.36. The Morgan fingerprint density at radius 3 is 2.38 bits per heavy atom. The van der Waals surface area contributed by atoms with E-state index in [9.17, 15) is 14.0 Å². The average Bonchev–Trinajstić information content (AvgIpc) is 2.69. The molecule has 9 heteroatoms. The van der Waals surface area contributed by atoms with E-state index in [4.69, 9.17) is 28.6 Å². The molecule has 2 aromatic carbocycles. The Morgan fingerprint density at radius 2 is 1.79 bits per heavy atom. The zero-order chi connectivity index (χ0) is 21.3. The van der Waals surface area contributed by atoms with Gasteiger partial charge < -0.3 is 4.74 Å². The van der Waals surface area contributed by atoms with Crippen LogP contribution in [0.3, 0.4) is 0 Å². The van der Waals surface area contributed by atoms with Crippen LogP contribution in [0, 0.1) is 5.82 Å². The molecule has 1 heterocycles. The SMILES string of the molecule is CN1C(=O)C(=Cc2cc(Cl)c(OCc3ccccc3F)c(Br)c2)C(=O)N(C)C1=S. The van der Waals surface area contributed by atoms with E-state index in [0.29, 0.717) is 21.3 Å². The van der Waals surface area contributed by atoms with Crippen LogP contribution >= 0.6 is 39.7 Å². The number of nitrogens with zero attached hydrogens (tertiary/aromatic N) is 2. The Bertz CT molecular complexity index is 1010. The van der Waals surface area contributed by atoms with E-state index in [1.165, 1.54) is 36.0 Å². The molecule has 29 heavy (non-hydrogen) atoms. The van der Waals surface area contributed by atoms with Crippen molar-refractivity contribution < 1.29 is 18.7 Å². The van der Waals surface area contributed by atoms with Crippen LogP contribution in [0.25, 0.3) is 6.08 Å². The van der Waals surface area contributed by atoms with Crippen molar-refractivity contribution in [1.29, 1.82) is 0 Å². The highest BCUT2D eigenvalue weighted by atomic mass is 79.9. The van der Waals surface area contributed by atoms with E-state index in [0.717, 1.165) is 0 Å². The quantitative estimate of drug-likeness (QED) is 0.356. The first-order chi connectivity index (χ1) is 13.7. The van der Waals surface area contributed by atoms with Crippen LogP contribution in [0.5, 0.6) is 5.75 Å². The second kappa shape index (κ2) is 8.61. The second-order valence-electron chi connectivity index (χ2n) is 6.26. The zero-order valence-electron chi connectivity index (χ0n) is 15.4. The summed E-state index contributed by atoms with van der Waals surface area (Å²) in [6, 6.07) is 9.49. The number of likely N-dealkylation sites (N-methyl/N-ethyl adjacent to an activating group) is 2. The fourth-order valence-electron chi connectivity index (χ4n) is 2.71. The first-order valence-electron chi connectivity index (χ1n) is 8.37. The molecule has 2 amide bonds. The van der Waals surface area contributed by atoms with E-state index in [-0.39, 0.29) is 28.1 Å². The van der Waals surface area contributed by atoms with Crippen LogP contribution in [-0.2, 0) is 16.2 Å². The van der Waals surface area contributed by atoms with Crippen LogP contribution in [-0.4, -0.2) is 40.8 Å². The molecule has 150 valence electrons. The molecule has 1 saturated heterocycles. The van der Waals surface area contributed by atoms with Crippen LogP contribution in [0.15, 0.2) is 46.4 Å². The number of rotatable bonds is 4. The molecule has 1 aliphatic heterocycles. The second-order valence-corrected chi connectivity index (χ2v) is 7.89. The fourth-order valence-corrected chi connectivity index (χ4v) is 3.86. The van der Waals surface area contributed by atoms with Gasteiger partial charge in [0, 0.05) is 19.7 Å². The number of ether oxygens (including phenoxy) is 1. The number of halogens is 3. The molecule has 0 radical (unpaired) electrons. The summed E-state index contributed by atoms with van der Waals surface area (Å²) in [4.78, 5) is 27.3. The van der Waals surface area contributed by atoms with Gasteiger partial charge in [0.05, 0.1) is 9.50 Å². The number of hydrogen-bond acceptors (Lipinski definition) is 4. The van der Waals surface area contributed by atoms with Gasteiger partial charge in [-0.1, -0.05) is 29.8 Å². The average molecular weight is 498 g/mol. The van der Waals surface area contributed by atoms with Gasteiger partial charge in [0.1, 0.15) is 18.0 Å². The number of benzene rings is 2. The lowest BCUT2D eigenvalue weighted by molar-refractivity contribution is -0.132. The Morgan fingerprint density at radius 1 is 1.17 bits per heavy atom. The summed E-state index contributed by atoms with van der Waals surface area (Å²) in [6.07, 6.45) is 1.44. The molecule has 0 spiro atoms. The van der Waals surface area contributed by atoms with E-state index < -0.39 is 11.8 Å². The van der Waals surface area contributed by atoms with Gasteiger partial charge in [-0.3, -0.25) is 19.4 Å². The molecule has 0 aliphatic carbocycles. The molecule has 0 aromatic heterocycles. The molecule has 0 unspecified atom stereocenters. The third kappa shape index (κ3) is 4.34. The molecule has 3 rings (SSSR count). The number of carbonyl (C=O) groups excluding carboxylic acids is 2. The van der Waals surface area contributed by atoms with Crippen LogP contribution in [0.2, 0.25) is 5.02 Å². The van der Waals surface area contributed by atoms with E-state index in [2.05, 4.69) is 15.9 Å². The topological polar surface area (TPSA) is 49.9 Å². The lowest BCUT2D eigenvalue weighted by Gasteiger charge is -2.31. The summed E-state index contributed by atoms with van der Waals surface area (Å²) < 4.78 is 19.9. The Labute approximate surface area is 185 Å². The third-order valence-electron chi connectivity index (χ3n) is 4.31. The third-order valence-corrected chi connectivity index (χ3v) is 5.72. The van der Waals surface area contributed by atoms with Gasteiger partial charge in [-0.15, -0.1) is 0 Å². The van der Waals surface area contributed by atoms with Gasteiger partial charge in [0.25, 0.3) is 11.8 Å². The van der Waals surface area contributed by atoms with Gasteiger partial charge in [0.2, 0.25) is 0 Å². The molecule has 1 fully saturated rings. The van der Waals surface area contributed by atoms with Crippen molar-refractivity contribution in [3.8, 4) is 5.75 Å². The van der Waals surface area contributed by atoms with Crippen molar-refractivity contribution >= 4 is 62.8 Å². The molecule has 0 atom stereocenters. The number of carbonyl (C=O) groups is 2. The van der Waals surface area contributed by atoms with Crippen LogP contribution in [0.1, 0.15) is 11.1 Å². The smallest absolute Gasteiger partial charge is 0.265 e. The number of hydrogen-bond donors (Lipinski definition) is 0. The van der Waals surface area contributed by atoms with E-state index >= 15 is 0 Å². The zero-order valence-corrected chi connectivity index (χ0v) is 18.6. The van der Waals surface area contributed by atoms with Crippen LogP contribution < -0.4 is 4.74 Å². The first-order valence-corrected chi connectivity index (χ1v) is 9.95. The van der Waals surface area contributed by atoms with E-state index in [1.54, 1.807) is 30.3 Å². The molecule has 2 aromatic rings. The number of thiocarbonyl (C=S) groups is 1. The summed E-state index contributed by atoms with van der Waals surface area (Å²) in [7, 11) is 3.01. The highest BCUT2D eigenvalue weighted by molar-refractivity contribution is 9.10. The largest absolute Gasteiger partial charge is 0.486 e. The van der Waals surface area contributed by atoms with Gasteiger partial charge >= 0.3 is 0 Å². The van der Waals surface area contributed by atoms with Gasteiger partial charge in [-0.05, 0) is 58.0 Å². The summed E-state index contributed by atoms with van der Waals surface area (Å²) in [5, 5.41) is 0.378. The Balaban J connectivity index is 1.88. The lowest BCUT2D eigenvalue weighted by atomic mass is 10.1. The van der Waals surface area contributed by atoms with Crippen molar-refractivity contribution in [3.63, 3.8) is 0 Å². The van der Waals surface area contributed by atoms with Crippen LogP contribution in [0.4, 0.5) is 4.39 Å². The minimum absolute atomic E-state index is 0.00453. The number of amides is 2. The summed E-state index contributed by atoms with van der Waals surface area (Å²) >= 11 is 14.8. The standard InChI is InChI=1S/C20H15BrClFN2O3S/c1-24-18(26)13(19(27)25(2)20(24)29)7-11-8-14(21)17(15(22)9-11)28-10-12-5-3-4-6-16(12)23/h3-9H,10H2,1-2H3. The van der Waals surface area contributed by atoms with Gasteiger partial charge in [-0.2, -0.15) is 0 Å². The Hall–Kier alpha value is -2.29. The summed E-state index contributed by atoms with van der Waals surface area (Å²) in [5.41, 5.74) is 0.875. The molecular formula is C20H15BrClFN2O3S. The minimum atomic E-state index is -0.495. The maximum absolute atomic E-state index is 13.8. The van der Waals surface area contributed by atoms with Crippen molar-refractivity contribution in [1.82, 2.24) is 9.80 Å². The van der Waals surface area contributed by atoms with Crippen molar-refractivity contribution in [2.75, 3.05) is 14.1 Å². The normalized spacial score (nSPS) is 14.5. The Kier molecular flexibility index (Phi) is 6.36. The molecule has 0 bridgehead atoms. The monoisotopic (exact) mass is 496 g/mol. The maximum Gasteiger partial charge on any atom is 0.265 e. The van der Waals surface area contributed by atoms with Gasteiger partial charge in [0.15, 0.2) is 10.9 Å². The van der Waals surface area contributed by atoms with Crippen molar-refractivity contribution in [2.45, 2.75) is 6.61 Å². The van der Waals surface area contributed by atoms with Crippen molar-refractivity contribution in [2.24, 2.45) is 0 Å². The minimum Gasteiger partial charge on any atom is -0.486 e. The van der Waals surface area contributed by atoms with Gasteiger partial charge in [-0.25, -0.2) is 4.39 Å². The summed E-state index contributed by atoms with van der Waals surface area (Å²) in [6.45, 7) is -0.00453. The maximum atomic E-state index is 13.8. The fraction of sp³-hybridized carbons (Fsp3) is 0.150. The predicted molar refractivity (Wildman–Crippen MR) is 116 cm³/mol. The first kappa shape index (κ1) is 21.4. The summed E-state index contributed by atoms with van der Waals surface area (Å²) in [5.74, 6) is -1.04.